The van der Waals surface area contributed by atoms with E-state index in [1.54, 1.807) is 11.3 Å². The average Bonchev–Trinajstić information content (AvgIpc) is 2.74. The monoisotopic (exact) mass is 325 g/mol. The maximum absolute atomic E-state index is 5.65. The minimum absolute atomic E-state index is 0.542. The van der Waals surface area contributed by atoms with E-state index in [9.17, 15) is 0 Å². The van der Waals surface area contributed by atoms with Crippen molar-refractivity contribution in [3.63, 3.8) is 0 Å². The van der Waals surface area contributed by atoms with Crippen LogP contribution in [0.25, 0.3) is 0 Å². The van der Waals surface area contributed by atoms with E-state index in [4.69, 9.17) is 5.73 Å². The van der Waals surface area contributed by atoms with Crippen LogP contribution in [0, 0.1) is 6.92 Å². The quantitative estimate of drug-likeness (QED) is 0.937. The Hall–Kier alpha value is -0.910. The van der Waals surface area contributed by atoms with Crippen molar-refractivity contribution in [2.75, 3.05) is 11.9 Å². The van der Waals surface area contributed by atoms with Gasteiger partial charge in [0.15, 0.2) is 0 Å². The SMILES string of the molecule is Cc1nc(N(C)Cc2cc(Br)cs2)ccc1CN. The Bertz CT molecular complexity index is 539. The molecule has 0 unspecified atom stereocenters. The second-order valence-electron chi connectivity index (χ2n) is 4.21. The van der Waals surface area contributed by atoms with Crippen molar-refractivity contribution in [3.05, 3.63) is 44.2 Å². The molecule has 0 aromatic carbocycles. The van der Waals surface area contributed by atoms with Gasteiger partial charge in [0.25, 0.3) is 0 Å². The molecule has 96 valence electrons. The van der Waals surface area contributed by atoms with Crippen LogP contribution in [-0.2, 0) is 13.1 Å². The second-order valence-corrected chi connectivity index (χ2v) is 6.12. The molecule has 3 nitrogen and oxygen atoms in total. The molecule has 0 atom stereocenters. The summed E-state index contributed by atoms with van der Waals surface area (Å²) in [5.74, 6) is 0.981. The number of pyridine rings is 1. The third kappa shape index (κ3) is 3.10. The Morgan fingerprint density at radius 3 is 2.78 bits per heavy atom. The third-order valence-electron chi connectivity index (χ3n) is 2.81. The molecule has 0 aliphatic heterocycles. The lowest BCUT2D eigenvalue weighted by Crippen LogP contribution is -2.17. The van der Waals surface area contributed by atoms with E-state index < -0.39 is 0 Å². The molecule has 2 N–H and O–H groups in total. The van der Waals surface area contributed by atoms with Crippen molar-refractivity contribution in [2.24, 2.45) is 5.73 Å². The summed E-state index contributed by atoms with van der Waals surface area (Å²) in [6, 6.07) is 6.22. The van der Waals surface area contributed by atoms with Gasteiger partial charge >= 0.3 is 0 Å². The first-order valence-electron chi connectivity index (χ1n) is 5.71. The Morgan fingerprint density at radius 1 is 1.44 bits per heavy atom. The predicted molar refractivity (Wildman–Crippen MR) is 81.0 cm³/mol. The topological polar surface area (TPSA) is 42.2 Å². The summed E-state index contributed by atoms with van der Waals surface area (Å²) in [5, 5.41) is 2.10. The Balaban J connectivity index is 2.13. The smallest absolute Gasteiger partial charge is 0.128 e. The number of aromatic nitrogens is 1. The minimum Gasteiger partial charge on any atom is -0.355 e. The first kappa shape index (κ1) is 13.5. The highest BCUT2D eigenvalue weighted by Gasteiger charge is 2.07. The fourth-order valence-corrected chi connectivity index (χ4v) is 3.26. The fraction of sp³-hybridized carbons (Fsp3) is 0.308. The number of hydrogen-bond donors (Lipinski definition) is 1. The molecule has 0 amide bonds. The summed E-state index contributed by atoms with van der Waals surface area (Å²) in [4.78, 5) is 8.04. The van der Waals surface area contributed by atoms with Crippen LogP contribution in [0.5, 0.6) is 0 Å². The van der Waals surface area contributed by atoms with Crippen molar-refractivity contribution < 1.29 is 0 Å². The van der Waals surface area contributed by atoms with E-state index >= 15 is 0 Å². The molecular formula is C13H16BrN3S. The zero-order valence-corrected chi connectivity index (χ0v) is 12.9. The van der Waals surface area contributed by atoms with E-state index in [1.807, 2.05) is 13.0 Å². The van der Waals surface area contributed by atoms with Crippen molar-refractivity contribution in [1.82, 2.24) is 4.98 Å². The number of nitrogens with two attached hydrogens (primary N) is 1. The summed E-state index contributed by atoms with van der Waals surface area (Å²) < 4.78 is 1.14. The van der Waals surface area contributed by atoms with Gasteiger partial charge in [0, 0.05) is 34.0 Å². The van der Waals surface area contributed by atoms with Gasteiger partial charge in [-0.2, -0.15) is 0 Å². The van der Waals surface area contributed by atoms with Crippen LogP contribution in [0.15, 0.2) is 28.1 Å². The van der Waals surface area contributed by atoms with Gasteiger partial charge in [0.05, 0.1) is 6.54 Å². The summed E-state index contributed by atoms with van der Waals surface area (Å²) in [6.45, 7) is 3.41. The first-order chi connectivity index (χ1) is 8.60. The number of hydrogen-bond acceptors (Lipinski definition) is 4. The zero-order valence-electron chi connectivity index (χ0n) is 10.5. The maximum atomic E-state index is 5.65. The molecule has 0 saturated carbocycles. The normalized spacial score (nSPS) is 10.7. The summed E-state index contributed by atoms with van der Waals surface area (Å²) >= 11 is 5.22. The van der Waals surface area contributed by atoms with E-state index in [2.05, 4.69) is 50.4 Å². The molecule has 2 aromatic heterocycles. The zero-order chi connectivity index (χ0) is 13.1. The Labute approximate surface area is 120 Å². The second kappa shape index (κ2) is 5.82. The van der Waals surface area contributed by atoms with Gasteiger partial charge in [0.2, 0.25) is 0 Å². The van der Waals surface area contributed by atoms with Gasteiger partial charge in [-0.15, -0.1) is 11.3 Å². The number of aryl methyl sites for hydroxylation is 1. The van der Waals surface area contributed by atoms with Crippen molar-refractivity contribution in [1.29, 1.82) is 0 Å². The van der Waals surface area contributed by atoms with E-state index in [0.717, 1.165) is 28.1 Å². The third-order valence-corrected chi connectivity index (χ3v) is 4.49. The van der Waals surface area contributed by atoms with Crippen LogP contribution in [0.2, 0.25) is 0 Å². The number of halogens is 1. The van der Waals surface area contributed by atoms with Gasteiger partial charge in [-0.1, -0.05) is 6.07 Å². The van der Waals surface area contributed by atoms with Gasteiger partial charge in [-0.05, 0) is 40.5 Å². The standard InChI is InChI=1S/C13H16BrN3S/c1-9-10(6-15)3-4-13(16-9)17(2)7-12-5-11(14)8-18-12/h3-5,8H,6-7,15H2,1-2H3. The molecule has 2 heterocycles. The average molecular weight is 326 g/mol. The van der Waals surface area contributed by atoms with Gasteiger partial charge in [-0.25, -0.2) is 4.98 Å². The summed E-state index contributed by atoms with van der Waals surface area (Å²) in [5.41, 5.74) is 7.76. The number of thiophene rings is 1. The molecule has 0 fully saturated rings. The van der Waals surface area contributed by atoms with E-state index in [-0.39, 0.29) is 0 Å². The number of anilines is 1. The Morgan fingerprint density at radius 2 is 2.22 bits per heavy atom. The lowest BCUT2D eigenvalue weighted by Gasteiger charge is -2.18. The van der Waals surface area contributed by atoms with Crippen LogP contribution in [0.1, 0.15) is 16.1 Å². The Kier molecular flexibility index (Phi) is 4.37. The van der Waals surface area contributed by atoms with Gasteiger partial charge < -0.3 is 10.6 Å². The molecule has 0 spiro atoms. The van der Waals surface area contributed by atoms with E-state index in [1.165, 1.54) is 4.88 Å². The van der Waals surface area contributed by atoms with Crippen LogP contribution in [0.4, 0.5) is 5.82 Å². The molecule has 0 saturated heterocycles. The number of nitrogens with zero attached hydrogens (tertiary/aromatic N) is 2. The largest absolute Gasteiger partial charge is 0.355 e. The van der Waals surface area contributed by atoms with Crippen molar-refractivity contribution >= 4 is 33.1 Å². The molecule has 2 rings (SSSR count). The molecule has 0 bridgehead atoms. The summed E-state index contributed by atoms with van der Waals surface area (Å²) in [6.07, 6.45) is 0. The van der Waals surface area contributed by atoms with E-state index in [0.29, 0.717) is 6.54 Å². The molecule has 0 aliphatic carbocycles. The van der Waals surface area contributed by atoms with Crippen molar-refractivity contribution in [2.45, 2.75) is 20.0 Å². The van der Waals surface area contributed by atoms with Gasteiger partial charge in [-0.3, -0.25) is 0 Å². The van der Waals surface area contributed by atoms with Crippen LogP contribution in [-0.4, -0.2) is 12.0 Å². The lowest BCUT2D eigenvalue weighted by molar-refractivity contribution is 0.895. The summed E-state index contributed by atoms with van der Waals surface area (Å²) in [7, 11) is 2.05. The molecule has 18 heavy (non-hydrogen) atoms. The van der Waals surface area contributed by atoms with Crippen LogP contribution >= 0.6 is 27.3 Å². The molecule has 0 aliphatic rings. The molecule has 2 aromatic rings. The van der Waals surface area contributed by atoms with Gasteiger partial charge in [0.1, 0.15) is 5.82 Å². The molecule has 5 heteroatoms. The molecule has 0 radical (unpaired) electrons. The minimum atomic E-state index is 0.542. The predicted octanol–water partition coefficient (Wildman–Crippen LogP) is 3.31. The van der Waals surface area contributed by atoms with Crippen LogP contribution in [0.3, 0.4) is 0 Å². The molecular weight excluding hydrogens is 310 g/mol. The maximum Gasteiger partial charge on any atom is 0.128 e. The number of rotatable bonds is 4. The highest BCUT2D eigenvalue weighted by Crippen LogP contribution is 2.23. The fourth-order valence-electron chi connectivity index (χ4n) is 1.76. The highest BCUT2D eigenvalue weighted by molar-refractivity contribution is 9.10. The highest BCUT2D eigenvalue weighted by atomic mass is 79.9. The van der Waals surface area contributed by atoms with Crippen LogP contribution < -0.4 is 10.6 Å². The van der Waals surface area contributed by atoms with Crippen molar-refractivity contribution in [3.8, 4) is 0 Å². The first-order valence-corrected chi connectivity index (χ1v) is 7.38. The lowest BCUT2D eigenvalue weighted by atomic mass is 10.2.